The highest BCUT2D eigenvalue weighted by molar-refractivity contribution is 6.31. The summed E-state index contributed by atoms with van der Waals surface area (Å²) >= 11 is 5.77. The van der Waals surface area contributed by atoms with Crippen molar-refractivity contribution in [2.75, 3.05) is 5.73 Å². The summed E-state index contributed by atoms with van der Waals surface area (Å²) < 4.78 is 13.6. The van der Waals surface area contributed by atoms with Crippen LogP contribution in [0.4, 0.5) is 10.1 Å². The second kappa shape index (κ2) is 4.78. The molecule has 0 heterocycles. The molecule has 0 saturated carbocycles. The third-order valence-corrected chi connectivity index (χ3v) is 2.94. The molecule has 0 aliphatic carbocycles. The predicted molar refractivity (Wildman–Crippen MR) is 70.4 cm³/mol. The maximum atomic E-state index is 13.6. The molecule has 18 heavy (non-hydrogen) atoms. The third-order valence-electron chi connectivity index (χ3n) is 2.71. The van der Waals surface area contributed by atoms with Crippen molar-refractivity contribution in [3.63, 3.8) is 0 Å². The first-order chi connectivity index (χ1) is 8.49. The van der Waals surface area contributed by atoms with Crippen molar-refractivity contribution in [1.29, 1.82) is 0 Å². The van der Waals surface area contributed by atoms with E-state index in [0.29, 0.717) is 16.3 Å². The van der Waals surface area contributed by atoms with Crippen LogP contribution in [0, 0.1) is 12.7 Å². The van der Waals surface area contributed by atoms with Gasteiger partial charge in [-0.2, -0.15) is 0 Å². The lowest BCUT2D eigenvalue weighted by molar-refractivity contribution is 0.103. The maximum Gasteiger partial charge on any atom is 0.196 e. The summed E-state index contributed by atoms with van der Waals surface area (Å²) in [7, 11) is 0. The number of carbonyl (C=O) groups excluding carboxylic acids is 1. The lowest BCUT2D eigenvalue weighted by Gasteiger charge is -2.06. The maximum absolute atomic E-state index is 13.6. The van der Waals surface area contributed by atoms with Gasteiger partial charge in [-0.05, 0) is 48.9 Å². The van der Waals surface area contributed by atoms with Gasteiger partial charge >= 0.3 is 0 Å². The zero-order valence-corrected chi connectivity index (χ0v) is 10.5. The van der Waals surface area contributed by atoms with Gasteiger partial charge in [0, 0.05) is 16.3 Å². The molecule has 2 aromatic rings. The molecule has 4 heteroatoms. The van der Waals surface area contributed by atoms with Gasteiger partial charge in [-0.15, -0.1) is 0 Å². The number of benzene rings is 2. The minimum atomic E-state index is -0.584. The topological polar surface area (TPSA) is 43.1 Å². The van der Waals surface area contributed by atoms with E-state index in [9.17, 15) is 9.18 Å². The average molecular weight is 264 g/mol. The van der Waals surface area contributed by atoms with Gasteiger partial charge in [-0.3, -0.25) is 4.79 Å². The number of ketones is 1. The summed E-state index contributed by atoms with van der Waals surface area (Å²) in [5, 5.41) is 0.326. The van der Waals surface area contributed by atoms with Gasteiger partial charge in [0.15, 0.2) is 5.78 Å². The highest BCUT2D eigenvalue weighted by Crippen LogP contribution is 2.20. The summed E-state index contributed by atoms with van der Waals surface area (Å²) in [6.07, 6.45) is 0. The molecule has 2 N–H and O–H groups in total. The Hall–Kier alpha value is -1.87. The van der Waals surface area contributed by atoms with Crippen molar-refractivity contribution in [1.82, 2.24) is 0 Å². The summed E-state index contributed by atoms with van der Waals surface area (Å²) in [4.78, 5) is 12.1. The number of nitrogens with two attached hydrogens (primary N) is 1. The van der Waals surface area contributed by atoms with Gasteiger partial charge < -0.3 is 5.73 Å². The molecule has 0 aromatic heterocycles. The smallest absolute Gasteiger partial charge is 0.196 e. The fourth-order valence-electron chi connectivity index (χ4n) is 1.64. The van der Waals surface area contributed by atoms with Crippen LogP contribution in [0.3, 0.4) is 0 Å². The van der Waals surface area contributed by atoms with Crippen molar-refractivity contribution in [2.45, 2.75) is 6.92 Å². The molecule has 2 aromatic carbocycles. The quantitative estimate of drug-likeness (QED) is 0.664. The molecular weight excluding hydrogens is 253 g/mol. The molecule has 0 bridgehead atoms. The molecule has 0 amide bonds. The Labute approximate surface area is 109 Å². The number of hydrogen-bond acceptors (Lipinski definition) is 2. The number of aryl methyl sites for hydroxylation is 1. The van der Waals surface area contributed by atoms with Crippen molar-refractivity contribution in [3.8, 4) is 0 Å². The van der Waals surface area contributed by atoms with Gasteiger partial charge in [0.05, 0.1) is 5.56 Å². The lowest BCUT2D eigenvalue weighted by Crippen LogP contribution is -2.05. The molecule has 0 spiro atoms. The number of anilines is 1. The largest absolute Gasteiger partial charge is 0.399 e. The fraction of sp³-hybridized carbons (Fsp3) is 0.0714. The standard InChI is InChI=1S/C14H11ClFNO/c1-8-6-9(2-5-13(8)17)14(18)11-7-10(15)3-4-12(11)16/h2-7H,17H2,1H3. The molecule has 0 fully saturated rings. The molecule has 2 rings (SSSR count). The van der Waals surface area contributed by atoms with E-state index in [1.807, 2.05) is 0 Å². The minimum absolute atomic E-state index is 0.0355. The number of nitrogen functional groups attached to an aromatic ring is 1. The first-order valence-corrected chi connectivity index (χ1v) is 5.72. The Balaban J connectivity index is 2.47. The number of rotatable bonds is 2. The van der Waals surface area contributed by atoms with Crippen LogP contribution in [0.25, 0.3) is 0 Å². The van der Waals surface area contributed by atoms with Gasteiger partial charge in [-0.25, -0.2) is 4.39 Å². The van der Waals surface area contributed by atoms with Gasteiger partial charge in [0.1, 0.15) is 5.82 Å². The van der Waals surface area contributed by atoms with Crippen molar-refractivity contribution in [2.24, 2.45) is 0 Å². The second-order valence-electron chi connectivity index (χ2n) is 4.02. The number of halogens is 2. The molecule has 2 nitrogen and oxygen atoms in total. The predicted octanol–water partition coefficient (Wildman–Crippen LogP) is 3.60. The van der Waals surface area contributed by atoms with Crippen LogP contribution in [-0.4, -0.2) is 5.78 Å². The van der Waals surface area contributed by atoms with Crippen LogP contribution in [0.2, 0.25) is 5.02 Å². The minimum Gasteiger partial charge on any atom is -0.399 e. The zero-order chi connectivity index (χ0) is 13.3. The molecule has 0 atom stereocenters. The van der Waals surface area contributed by atoms with E-state index in [1.54, 1.807) is 25.1 Å². The SMILES string of the molecule is Cc1cc(C(=O)c2cc(Cl)ccc2F)ccc1N. The van der Waals surface area contributed by atoms with E-state index in [2.05, 4.69) is 0 Å². The lowest BCUT2D eigenvalue weighted by atomic mass is 10.0. The van der Waals surface area contributed by atoms with Crippen molar-refractivity contribution >= 4 is 23.1 Å². The Bertz CT molecular complexity index is 625. The van der Waals surface area contributed by atoms with Crippen LogP contribution >= 0.6 is 11.6 Å². The Morgan fingerprint density at radius 1 is 1.22 bits per heavy atom. The van der Waals surface area contributed by atoms with Crippen LogP contribution < -0.4 is 5.73 Å². The van der Waals surface area contributed by atoms with Crippen LogP contribution in [-0.2, 0) is 0 Å². The summed E-state index contributed by atoms with van der Waals surface area (Å²) in [5.74, 6) is -0.989. The zero-order valence-electron chi connectivity index (χ0n) is 9.71. The summed E-state index contributed by atoms with van der Waals surface area (Å²) in [6.45, 7) is 1.79. The first kappa shape index (κ1) is 12.6. The fourth-order valence-corrected chi connectivity index (χ4v) is 1.82. The molecule has 0 unspecified atom stereocenters. The monoisotopic (exact) mass is 263 g/mol. The summed E-state index contributed by atoms with van der Waals surface area (Å²) in [6, 6.07) is 8.75. The molecular formula is C14H11ClFNO. The van der Waals surface area contributed by atoms with E-state index in [4.69, 9.17) is 17.3 Å². The Kier molecular flexibility index (Phi) is 3.34. The molecule has 0 radical (unpaired) electrons. The summed E-state index contributed by atoms with van der Waals surface area (Å²) in [5.41, 5.74) is 7.41. The second-order valence-corrected chi connectivity index (χ2v) is 4.46. The highest BCUT2D eigenvalue weighted by Gasteiger charge is 2.15. The van der Waals surface area contributed by atoms with E-state index < -0.39 is 11.6 Å². The van der Waals surface area contributed by atoms with E-state index >= 15 is 0 Å². The number of carbonyl (C=O) groups is 1. The van der Waals surface area contributed by atoms with Crippen molar-refractivity contribution < 1.29 is 9.18 Å². The highest BCUT2D eigenvalue weighted by atomic mass is 35.5. The number of hydrogen-bond donors (Lipinski definition) is 1. The molecule has 0 aliphatic heterocycles. The van der Waals surface area contributed by atoms with Gasteiger partial charge in [-0.1, -0.05) is 11.6 Å². The Morgan fingerprint density at radius 2 is 1.94 bits per heavy atom. The van der Waals surface area contributed by atoms with E-state index in [-0.39, 0.29) is 5.56 Å². The third kappa shape index (κ3) is 2.36. The normalized spacial score (nSPS) is 10.4. The Morgan fingerprint density at radius 3 is 2.61 bits per heavy atom. The van der Waals surface area contributed by atoms with E-state index in [1.165, 1.54) is 18.2 Å². The van der Waals surface area contributed by atoms with Gasteiger partial charge in [0.25, 0.3) is 0 Å². The van der Waals surface area contributed by atoms with Crippen LogP contribution in [0.1, 0.15) is 21.5 Å². The molecule has 0 aliphatic rings. The van der Waals surface area contributed by atoms with Crippen molar-refractivity contribution in [3.05, 3.63) is 63.9 Å². The molecule has 92 valence electrons. The first-order valence-electron chi connectivity index (χ1n) is 5.35. The van der Waals surface area contributed by atoms with Gasteiger partial charge in [0.2, 0.25) is 0 Å². The van der Waals surface area contributed by atoms with Crippen LogP contribution in [0.15, 0.2) is 36.4 Å². The average Bonchev–Trinajstić information content (AvgIpc) is 2.35. The molecule has 0 saturated heterocycles. The van der Waals surface area contributed by atoms with E-state index in [0.717, 1.165) is 5.56 Å². The van der Waals surface area contributed by atoms with Crippen LogP contribution in [0.5, 0.6) is 0 Å².